The maximum atomic E-state index is 14.5. The summed E-state index contributed by atoms with van der Waals surface area (Å²) in [6.45, 7) is 1.49. The first kappa shape index (κ1) is 33.4. The number of amides is 4. The van der Waals surface area contributed by atoms with Crippen molar-refractivity contribution in [3.63, 3.8) is 0 Å². The average molecular weight is 701 g/mol. The molecule has 4 amide bonds. The van der Waals surface area contributed by atoms with E-state index in [1.54, 1.807) is 50.3 Å². The van der Waals surface area contributed by atoms with Gasteiger partial charge in [-0.05, 0) is 60.3 Å². The summed E-state index contributed by atoms with van der Waals surface area (Å²) in [5.41, 5.74) is 4.21. The normalized spacial score (nSPS) is 20.8. The van der Waals surface area contributed by atoms with Crippen molar-refractivity contribution in [2.24, 2.45) is 0 Å². The molecule has 3 aliphatic rings. The van der Waals surface area contributed by atoms with Crippen LogP contribution in [0.1, 0.15) is 47.0 Å². The highest BCUT2D eigenvalue weighted by Gasteiger charge is 2.51. The van der Waals surface area contributed by atoms with E-state index in [0.717, 1.165) is 52.7 Å². The van der Waals surface area contributed by atoms with Crippen LogP contribution in [0.15, 0.2) is 102 Å². The van der Waals surface area contributed by atoms with E-state index in [0.29, 0.717) is 5.76 Å². The minimum absolute atomic E-state index is 0.0796. The predicted molar refractivity (Wildman–Crippen MR) is 191 cm³/mol. The molecule has 52 heavy (non-hydrogen) atoms. The second-order valence-electron chi connectivity index (χ2n) is 13.6. The Hall–Kier alpha value is -5.79. The molecule has 3 saturated heterocycles. The van der Waals surface area contributed by atoms with Gasteiger partial charge in [-0.1, -0.05) is 65.8 Å². The highest BCUT2D eigenvalue weighted by molar-refractivity contribution is 5.92. The van der Waals surface area contributed by atoms with Gasteiger partial charge in [0.15, 0.2) is 5.76 Å². The van der Waals surface area contributed by atoms with Crippen molar-refractivity contribution in [1.82, 2.24) is 40.6 Å². The molecule has 8 rings (SSSR count). The molecule has 13 nitrogen and oxygen atoms in total. The number of hydrogen-bond acceptors (Lipinski definition) is 9. The molecular weight excluding hydrogens is 660 g/mol. The maximum Gasteiger partial charge on any atom is 0.334 e. The molecule has 3 unspecified atom stereocenters. The molecule has 3 atom stereocenters. The number of hydrogen-bond donors (Lipinski definition) is 3. The van der Waals surface area contributed by atoms with Gasteiger partial charge in [0.25, 0.3) is 0 Å². The summed E-state index contributed by atoms with van der Waals surface area (Å²) >= 11 is 0. The van der Waals surface area contributed by atoms with Gasteiger partial charge in [-0.3, -0.25) is 14.6 Å². The molecule has 13 heteroatoms. The number of nitrogens with one attached hydrogen (secondary N) is 2. The zero-order chi connectivity index (χ0) is 35.6. The molecule has 3 aromatic carbocycles. The van der Waals surface area contributed by atoms with Gasteiger partial charge in [-0.15, -0.1) is 0 Å². The molecule has 0 spiro atoms. The number of nitrogens with zero attached hydrogens (tertiary/aromatic N) is 6. The number of pyridine rings is 1. The Morgan fingerprint density at radius 2 is 1.81 bits per heavy atom. The van der Waals surface area contributed by atoms with Crippen LogP contribution in [0.4, 0.5) is 4.79 Å². The van der Waals surface area contributed by atoms with Crippen LogP contribution in [0.25, 0.3) is 10.9 Å². The van der Waals surface area contributed by atoms with E-state index in [9.17, 15) is 19.5 Å². The Bertz CT molecular complexity index is 2060. The van der Waals surface area contributed by atoms with Gasteiger partial charge in [-0.25, -0.2) is 9.80 Å². The summed E-state index contributed by atoms with van der Waals surface area (Å²) < 4.78 is 5.77. The fourth-order valence-electron chi connectivity index (χ4n) is 7.58. The first-order chi connectivity index (χ1) is 25.4. The monoisotopic (exact) mass is 700 g/mol. The highest BCUT2D eigenvalue weighted by atomic mass is 16.5. The summed E-state index contributed by atoms with van der Waals surface area (Å²) in [5.74, 6) is 0.132. The van der Waals surface area contributed by atoms with E-state index in [4.69, 9.17) is 4.52 Å². The summed E-state index contributed by atoms with van der Waals surface area (Å²) in [6.07, 6.45) is 3.12. The van der Waals surface area contributed by atoms with E-state index >= 15 is 0 Å². The van der Waals surface area contributed by atoms with E-state index in [2.05, 4.69) is 20.8 Å². The third-order valence-electron chi connectivity index (χ3n) is 10.1. The van der Waals surface area contributed by atoms with E-state index in [-0.39, 0.29) is 62.8 Å². The van der Waals surface area contributed by atoms with Crippen molar-refractivity contribution < 1.29 is 24.0 Å². The molecule has 0 bridgehead atoms. The van der Waals surface area contributed by atoms with Gasteiger partial charge in [0.1, 0.15) is 23.7 Å². The number of benzene rings is 3. The Morgan fingerprint density at radius 1 is 0.962 bits per heavy atom. The van der Waals surface area contributed by atoms with Gasteiger partial charge in [0, 0.05) is 37.2 Å². The van der Waals surface area contributed by atoms with Crippen LogP contribution >= 0.6 is 0 Å². The number of urea groups is 1. The van der Waals surface area contributed by atoms with Gasteiger partial charge in [0.2, 0.25) is 11.8 Å². The zero-order valence-corrected chi connectivity index (χ0v) is 28.6. The number of aromatic nitrogens is 2. The zero-order valence-electron chi connectivity index (χ0n) is 28.6. The molecule has 5 aromatic rings. The lowest BCUT2D eigenvalue weighted by atomic mass is 9.98. The molecule has 0 aliphatic carbocycles. The first-order valence-corrected chi connectivity index (χ1v) is 17.7. The van der Waals surface area contributed by atoms with Crippen molar-refractivity contribution in [3.8, 4) is 5.75 Å². The van der Waals surface area contributed by atoms with Crippen LogP contribution in [0.2, 0.25) is 0 Å². The van der Waals surface area contributed by atoms with Crippen LogP contribution in [-0.2, 0) is 35.6 Å². The number of phenols is 1. The third-order valence-corrected chi connectivity index (χ3v) is 10.1. The number of carbonyl (C=O) groups excluding carboxylic acids is 3. The molecule has 0 radical (unpaired) electrons. The topological polar surface area (TPSA) is 147 Å². The van der Waals surface area contributed by atoms with Crippen LogP contribution in [0, 0.1) is 0 Å². The Kier molecular flexibility index (Phi) is 9.27. The van der Waals surface area contributed by atoms with E-state index in [1.807, 2.05) is 66.7 Å². The minimum Gasteiger partial charge on any atom is -0.508 e. The number of piperazine rings is 1. The third kappa shape index (κ3) is 6.80. The number of rotatable bonds is 9. The minimum atomic E-state index is -0.902. The fourth-order valence-corrected chi connectivity index (χ4v) is 7.58. The van der Waals surface area contributed by atoms with Crippen LogP contribution in [-0.4, -0.2) is 84.8 Å². The number of carbonyl (C=O) groups is 3. The van der Waals surface area contributed by atoms with Crippen LogP contribution in [0.5, 0.6) is 5.75 Å². The van der Waals surface area contributed by atoms with Gasteiger partial charge < -0.3 is 30.1 Å². The molecule has 2 aromatic heterocycles. The van der Waals surface area contributed by atoms with Gasteiger partial charge in [-0.2, -0.15) is 5.01 Å². The number of phenolic OH excluding ortho intramolecular Hbond substituents is 1. The van der Waals surface area contributed by atoms with Crippen molar-refractivity contribution >= 4 is 28.7 Å². The predicted octanol–water partition coefficient (Wildman–Crippen LogP) is 4.10. The Labute approximate surface area is 300 Å². The maximum absolute atomic E-state index is 14.5. The average Bonchev–Trinajstić information content (AvgIpc) is 3.87. The fraction of sp³-hybridized carbons (Fsp3) is 0.308. The van der Waals surface area contributed by atoms with Crippen molar-refractivity contribution in [1.29, 1.82) is 0 Å². The second kappa shape index (κ2) is 14.4. The Balaban J connectivity index is 1.16. The SMILES string of the molecule is O=C1C(Cc2ccc(O)cc2)N2C(=O)CN(Cc3cc(C4CCCN4)no3)N(C(=O)NCc3ccccc3)C2CN1Cc1cccc2ncccc12. The molecule has 3 fully saturated rings. The molecule has 266 valence electrons. The number of aromatic hydroxyl groups is 1. The molecule has 0 saturated carbocycles. The van der Waals surface area contributed by atoms with E-state index < -0.39 is 18.2 Å². The van der Waals surface area contributed by atoms with Crippen LogP contribution < -0.4 is 10.6 Å². The lowest BCUT2D eigenvalue weighted by Crippen LogP contribution is -2.76. The standard InChI is InChI=1S/C39H40N8O5/c48-29-15-13-26(14-16-29)19-35-38(50)44(22-28-9-4-11-32-31(28)10-5-17-40-32)24-36-46(35)37(49)25-45(23-30-20-34(43-52-30)33-12-6-18-41-33)47(36)39(51)42-21-27-7-2-1-3-8-27/h1-5,7-11,13-17,20,33,35-36,41,48H,6,12,18-19,21-25H2,(H,42,51). The van der Waals surface area contributed by atoms with Crippen molar-refractivity contribution in [3.05, 3.63) is 125 Å². The summed E-state index contributed by atoms with van der Waals surface area (Å²) in [4.78, 5) is 51.0. The molecular formula is C39H40N8O5. The van der Waals surface area contributed by atoms with Crippen molar-refractivity contribution in [2.45, 2.75) is 57.1 Å². The summed E-state index contributed by atoms with van der Waals surface area (Å²) in [5, 5.41) is 25.0. The number of hydrazine groups is 1. The van der Waals surface area contributed by atoms with E-state index in [1.165, 1.54) is 0 Å². The van der Waals surface area contributed by atoms with Gasteiger partial charge in [0.05, 0.1) is 31.2 Å². The molecule has 3 N–H and O–H groups in total. The van der Waals surface area contributed by atoms with Crippen molar-refractivity contribution in [2.75, 3.05) is 19.6 Å². The quantitative estimate of drug-likeness (QED) is 0.207. The smallest absolute Gasteiger partial charge is 0.334 e. The summed E-state index contributed by atoms with van der Waals surface area (Å²) in [6, 6.07) is 26.6. The largest absolute Gasteiger partial charge is 0.508 e. The lowest BCUT2D eigenvalue weighted by Gasteiger charge is -2.55. The van der Waals surface area contributed by atoms with Gasteiger partial charge >= 0.3 is 6.03 Å². The highest BCUT2D eigenvalue weighted by Crippen LogP contribution is 2.32. The van der Waals surface area contributed by atoms with Crippen LogP contribution in [0.3, 0.4) is 0 Å². The molecule has 5 heterocycles. The summed E-state index contributed by atoms with van der Waals surface area (Å²) in [7, 11) is 0. The molecule has 3 aliphatic heterocycles. The second-order valence-corrected chi connectivity index (χ2v) is 13.6. The Morgan fingerprint density at radius 3 is 2.62 bits per heavy atom. The lowest BCUT2D eigenvalue weighted by molar-refractivity contribution is -0.193. The number of fused-ring (bicyclic) bond motifs is 2. The first-order valence-electron chi connectivity index (χ1n) is 17.7.